The summed E-state index contributed by atoms with van der Waals surface area (Å²) < 4.78 is -1.24. The topological polar surface area (TPSA) is 12.4 Å². The number of aliphatic imine (C=N–C) groups is 1. The maximum Gasteiger partial charge on any atom is 0.235 e. The predicted octanol–water partition coefficient (Wildman–Crippen LogP) is 4.57. The minimum Gasteiger partial charge on any atom is -0.229 e. The Morgan fingerprint density at radius 2 is 1.81 bits per heavy atom. The summed E-state index contributed by atoms with van der Waals surface area (Å²) >= 11 is 18.3. The highest BCUT2D eigenvalue weighted by atomic mass is 35.5. The van der Waals surface area contributed by atoms with E-state index in [-0.39, 0.29) is 5.41 Å². The van der Waals surface area contributed by atoms with Crippen LogP contribution in [0.5, 0.6) is 0 Å². The number of fused-ring (bicyclic) bond motifs is 1. The molecular weight excluding hydrogens is 264 g/mol. The van der Waals surface area contributed by atoms with Crippen LogP contribution in [0.1, 0.15) is 37.5 Å². The molecule has 0 atom stereocenters. The zero-order chi connectivity index (χ0) is 12.1. The number of hydrogen-bond acceptors (Lipinski definition) is 1. The number of nitrogens with zero attached hydrogens (tertiary/aromatic N) is 1. The normalized spacial score (nSPS) is 18.2. The third-order valence-corrected chi connectivity index (χ3v) is 3.49. The van der Waals surface area contributed by atoms with Crippen molar-refractivity contribution in [3.63, 3.8) is 0 Å². The minimum absolute atomic E-state index is 0.0186. The van der Waals surface area contributed by atoms with E-state index >= 15 is 0 Å². The van der Waals surface area contributed by atoms with Gasteiger partial charge < -0.3 is 0 Å². The van der Waals surface area contributed by atoms with Gasteiger partial charge >= 0.3 is 0 Å². The first-order valence-corrected chi connectivity index (χ1v) is 6.14. The molecule has 1 nitrogen and oxygen atoms in total. The summed E-state index contributed by atoms with van der Waals surface area (Å²) in [5.41, 5.74) is 2.74. The van der Waals surface area contributed by atoms with Crippen LogP contribution in [0, 0.1) is 0 Å². The van der Waals surface area contributed by atoms with Crippen molar-refractivity contribution >= 4 is 40.0 Å². The molecule has 4 heteroatoms. The molecular formula is C12H12Cl3N. The van der Waals surface area contributed by atoms with Crippen LogP contribution in [0.2, 0.25) is 0 Å². The maximum atomic E-state index is 6.12. The van der Waals surface area contributed by atoms with Crippen molar-refractivity contribution in [2.45, 2.75) is 30.6 Å². The molecule has 0 radical (unpaired) electrons. The van der Waals surface area contributed by atoms with Crippen molar-refractivity contribution < 1.29 is 0 Å². The Hall–Kier alpha value is -0.240. The zero-order valence-corrected chi connectivity index (χ0v) is 11.6. The highest BCUT2D eigenvalue weighted by Gasteiger charge is 2.38. The molecule has 0 aromatic heterocycles. The van der Waals surface area contributed by atoms with Crippen molar-refractivity contribution in [2.24, 2.45) is 4.99 Å². The average Bonchev–Trinajstić information content (AvgIpc) is 2.36. The Balaban J connectivity index is 2.73. The van der Waals surface area contributed by atoms with Crippen LogP contribution in [-0.2, 0) is 9.87 Å². The van der Waals surface area contributed by atoms with Crippen LogP contribution in [-0.4, -0.2) is 5.17 Å². The summed E-state index contributed by atoms with van der Waals surface area (Å²) in [6.45, 7) is 6.36. The molecule has 86 valence electrons. The molecule has 0 spiro atoms. The quantitative estimate of drug-likeness (QED) is 0.486. The van der Waals surface area contributed by atoms with Gasteiger partial charge in [0.15, 0.2) is 0 Å². The van der Waals surface area contributed by atoms with Gasteiger partial charge in [-0.15, -0.1) is 0 Å². The second-order valence-electron chi connectivity index (χ2n) is 4.92. The zero-order valence-electron chi connectivity index (χ0n) is 9.31. The molecule has 0 unspecified atom stereocenters. The molecule has 0 amide bonds. The second-order valence-corrected chi connectivity index (χ2v) is 6.57. The minimum atomic E-state index is -1.24. The molecule has 16 heavy (non-hydrogen) atoms. The van der Waals surface area contributed by atoms with Gasteiger partial charge in [0.25, 0.3) is 0 Å². The molecule has 0 saturated carbocycles. The molecule has 0 saturated heterocycles. The predicted molar refractivity (Wildman–Crippen MR) is 70.9 cm³/mol. The molecule has 0 N–H and O–H groups in total. The van der Waals surface area contributed by atoms with Crippen LogP contribution in [0.4, 0.5) is 0 Å². The summed E-state index contributed by atoms with van der Waals surface area (Å²) in [6.07, 6.45) is 0. The van der Waals surface area contributed by atoms with Crippen LogP contribution in [0.15, 0.2) is 23.2 Å². The number of hydrogen-bond donors (Lipinski definition) is 0. The Kier molecular flexibility index (Phi) is 2.77. The van der Waals surface area contributed by atoms with Gasteiger partial charge in [-0.3, -0.25) is 0 Å². The second kappa shape index (κ2) is 3.63. The first-order valence-electron chi connectivity index (χ1n) is 5.01. The lowest BCUT2D eigenvalue weighted by molar-refractivity contribution is 0.588. The molecule has 2 rings (SSSR count). The van der Waals surface area contributed by atoms with E-state index in [2.05, 4.69) is 25.8 Å². The Morgan fingerprint density at radius 3 is 2.38 bits per heavy atom. The van der Waals surface area contributed by atoms with E-state index in [1.807, 2.05) is 18.2 Å². The first kappa shape index (κ1) is 12.2. The maximum absolute atomic E-state index is 6.12. The van der Waals surface area contributed by atoms with Crippen molar-refractivity contribution in [2.75, 3.05) is 0 Å². The summed E-state index contributed by atoms with van der Waals surface area (Å²) in [4.78, 5) is 4.08. The lowest BCUT2D eigenvalue weighted by Crippen LogP contribution is -2.16. The molecule has 1 aromatic rings. The van der Waals surface area contributed by atoms with Crippen LogP contribution in [0.25, 0.3) is 0 Å². The summed E-state index contributed by atoms with van der Waals surface area (Å²) in [5.74, 6) is 0. The highest BCUT2D eigenvalue weighted by molar-refractivity contribution is 6.72. The number of rotatable bonds is 0. The van der Waals surface area contributed by atoms with Gasteiger partial charge in [-0.05, 0) is 11.0 Å². The first-order chi connectivity index (χ1) is 7.23. The van der Waals surface area contributed by atoms with E-state index in [9.17, 15) is 0 Å². The van der Waals surface area contributed by atoms with Gasteiger partial charge in [0.2, 0.25) is 4.46 Å². The lowest BCUT2D eigenvalue weighted by atomic mass is 9.83. The van der Waals surface area contributed by atoms with E-state index in [0.717, 1.165) is 16.7 Å². The molecule has 1 heterocycles. The largest absolute Gasteiger partial charge is 0.235 e. The Bertz CT molecular complexity index is 470. The van der Waals surface area contributed by atoms with Crippen molar-refractivity contribution in [3.8, 4) is 0 Å². The fourth-order valence-electron chi connectivity index (χ4n) is 1.89. The van der Waals surface area contributed by atoms with Gasteiger partial charge in [-0.1, -0.05) is 73.8 Å². The SMILES string of the molecule is CC(C)(C)c1cccc2c1C(Cl)=NC2(Cl)Cl. The number of alkyl halides is 2. The van der Waals surface area contributed by atoms with E-state index in [0.29, 0.717) is 5.17 Å². The standard InChI is InChI=1S/C12H12Cl3N/c1-11(2,3)7-5-4-6-8-9(7)10(13)16-12(8,14)15/h4-6H,1-3H3. The van der Waals surface area contributed by atoms with Gasteiger partial charge in [-0.2, -0.15) is 0 Å². The molecule has 1 aliphatic heterocycles. The fraction of sp³-hybridized carbons (Fsp3) is 0.417. The molecule has 0 aliphatic carbocycles. The third-order valence-electron chi connectivity index (χ3n) is 2.64. The van der Waals surface area contributed by atoms with E-state index in [4.69, 9.17) is 34.8 Å². The summed E-state index contributed by atoms with van der Waals surface area (Å²) in [6, 6.07) is 5.83. The van der Waals surface area contributed by atoms with Crippen molar-refractivity contribution in [3.05, 3.63) is 34.9 Å². The van der Waals surface area contributed by atoms with Gasteiger partial charge in [0.05, 0.1) is 0 Å². The van der Waals surface area contributed by atoms with Crippen LogP contribution < -0.4 is 0 Å². The summed E-state index contributed by atoms with van der Waals surface area (Å²) in [7, 11) is 0. The Labute approximate surface area is 110 Å². The van der Waals surface area contributed by atoms with Gasteiger partial charge in [0, 0.05) is 11.1 Å². The Morgan fingerprint density at radius 1 is 1.19 bits per heavy atom. The van der Waals surface area contributed by atoms with Gasteiger partial charge in [0.1, 0.15) is 5.17 Å². The van der Waals surface area contributed by atoms with Crippen molar-refractivity contribution in [1.29, 1.82) is 0 Å². The van der Waals surface area contributed by atoms with Crippen molar-refractivity contribution in [1.82, 2.24) is 0 Å². The molecule has 1 aromatic carbocycles. The van der Waals surface area contributed by atoms with Gasteiger partial charge in [-0.25, -0.2) is 4.99 Å². The lowest BCUT2D eigenvalue weighted by Gasteiger charge is -2.23. The van der Waals surface area contributed by atoms with E-state index in [1.54, 1.807) is 0 Å². The van der Waals surface area contributed by atoms with E-state index in [1.165, 1.54) is 0 Å². The number of benzene rings is 1. The highest BCUT2D eigenvalue weighted by Crippen LogP contribution is 2.46. The molecule has 1 aliphatic rings. The molecule has 0 fully saturated rings. The smallest absolute Gasteiger partial charge is 0.229 e. The number of halogens is 3. The molecule has 0 bridgehead atoms. The fourth-order valence-corrected chi connectivity index (χ4v) is 2.79. The van der Waals surface area contributed by atoms with E-state index < -0.39 is 4.46 Å². The average molecular weight is 277 g/mol. The monoisotopic (exact) mass is 275 g/mol. The van der Waals surface area contributed by atoms with Crippen LogP contribution >= 0.6 is 34.8 Å². The third kappa shape index (κ3) is 1.85. The summed E-state index contributed by atoms with van der Waals surface area (Å²) in [5, 5.41) is 0.394. The van der Waals surface area contributed by atoms with Crippen LogP contribution in [0.3, 0.4) is 0 Å².